The molecule has 0 saturated carbocycles. The van der Waals surface area contributed by atoms with E-state index in [1.54, 1.807) is 52.6 Å². The van der Waals surface area contributed by atoms with Gasteiger partial charge in [0.2, 0.25) is 0 Å². The van der Waals surface area contributed by atoms with Crippen LogP contribution >= 0.6 is 0 Å². The van der Waals surface area contributed by atoms with E-state index in [-0.39, 0.29) is 13.0 Å². The largest absolute Gasteiger partial charge is 0.496 e. The van der Waals surface area contributed by atoms with Gasteiger partial charge in [-0.15, -0.1) is 0 Å². The SMILES string of the molecule is CCOC(Cc1ccc(OCc2cnc3cc(OC)c(OC)cc3c2OC)cc1)C(=O)O. The van der Waals surface area contributed by atoms with Gasteiger partial charge in [-0.05, 0) is 30.7 Å². The minimum Gasteiger partial charge on any atom is -0.496 e. The average Bonchev–Trinajstić information content (AvgIpc) is 2.81. The summed E-state index contributed by atoms with van der Waals surface area (Å²) in [6.07, 6.45) is 1.13. The van der Waals surface area contributed by atoms with E-state index in [1.807, 2.05) is 18.2 Å². The number of carboxylic acid groups (broad SMARTS) is 1. The fraction of sp³-hybridized carbons (Fsp3) is 0.333. The van der Waals surface area contributed by atoms with Crippen LogP contribution < -0.4 is 18.9 Å². The quantitative estimate of drug-likeness (QED) is 0.479. The molecule has 0 spiro atoms. The van der Waals surface area contributed by atoms with Gasteiger partial charge in [-0.25, -0.2) is 4.79 Å². The standard InChI is InChI=1S/C24H27NO7/c1-5-31-22(24(26)27)10-15-6-8-17(9-7-15)32-14-16-13-25-19-12-21(29-3)20(28-2)11-18(19)23(16)30-4/h6-9,11-13,22H,5,10,14H2,1-4H3,(H,26,27). The van der Waals surface area contributed by atoms with E-state index in [0.717, 1.165) is 22.0 Å². The van der Waals surface area contributed by atoms with Crippen LogP contribution in [0.2, 0.25) is 0 Å². The van der Waals surface area contributed by atoms with E-state index < -0.39 is 12.1 Å². The number of carbonyl (C=O) groups is 1. The Bertz CT molecular complexity index is 1070. The maximum absolute atomic E-state index is 11.3. The highest BCUT2D eigenvalue weighted by Gasteiger charge is 2.18. The summed E-state index contributed by atoms with van der Waals surface area (Å²) in [6, 6.07) is 10.9. The second kappa shape index (κ2) is 10.7. The molecule has 2 aromatic carbocycles. The maximum atomic E-state index is 11.3. The lowest BCUT2D eigenvalue weighted by molar-refractivity contribution is -0.149. The smallest absolute Gasteiger partial charge is 0.333 e. The Kier molecular flexibility index (Phi) is 7.72. The fourth-order valence-corrected chi connectivity index (χ4v) is 3.40. The van der Waals surface area contributed by atoms with E-state index in [0.29, 0.717) is 29.6 Å². The maximum Gasteiger partial charge on any atom is 0.333 e. The molecule has 170 valence electrons. The van der Waals surface area contributed by atoms with Gasteiger partial charge < -0.3 is 28.8 Å². The van der Waals surface area contributed by atoms with E-state index in [1.165, 1.54) is 0 Å². The van der Waals surface area contributed by atoms with Crippen LogP contribution in [0.3, 0.4) is 0 Å². The minimum absolute atomic E-state index is 0.247. The molecule has 0 fully saturated rings. The van der Waals surface area contributed by atoms with Crippen molar-refractivity contribution >= 4 is 16.9 Å². The first-order valence-electron chi connectivity index (χ1n) is 10.1. The first kappa shape index (κ1) is 23.1. The molecule has 3 aromatic rings. The van der Waals surface area contributed by atoms with E-state index in [9.17, 15) is 9.90 Å². The number of carboxylic acids is 1. The van der Waals surface area contributed by atoms with Crippen molar-refractivity contribution in [2.75, 3.05) is 27.9 Å². The van der Waals surface area contributed by atoms with Crippen molar-refractivity contribution in [3.8, 4) is 23.0 Å². The summed E-state index contributed by atoms with van der Waals surface area (Å²) in [5, 5.41) is 10.0. The normalized spacial score (nSPS) is 11.8. The summed E-state index contributed by atoms with van der Waals surface area (Å²) in [5.74, 6) is 1.49. The number of aromatic nitrogens is 1. The average molecular weight is 441 g/mol. The Morgan fingerprint density at radius 1 is 1.03 bits per heavy atom. The Morgan fingerprint density at radius 2 is 1.72 bits per heavy atom. The Labute approximate surface area is 186 Å². The van der Waals surface area contributed by atoms with Gasteiger partial charge in [0.05, 0.1) is 32.4 Å². The predicted molar refractivity (Wildman–Crippen MR) is 119 cm³/mol. The molecule has 0 aliphatic rings. The number of ether oxygens (including phenoxy) is 5. The van der Waals surface area contributed by atoms with Crippen molar-refractivity contribution in [1.82, 2.24) is 4.98 Å². The molecule has 1 atom stereocenters. The Balaban J connectivity index is 1.76. The molecule has 32 heavy (non-hydrogen) atoms. The third-order valence-electron chi connectivity index (χ3n) is 4.98. The van der Waals surface area contributed by atoms with Crippen molar-refractivity contribution in [2.24, 2.45) is 0 Å². The summed E-state index contributed by atoms with van der Waals surface area (Å²) < 4.78 is 27.6. The molecule has 0 saturated heterocycles. The van der Waals surface area contributed by atoms with Gasteiger partial charge in [0.25, 0.3) is 0 Å². The fourth-order valence-electron chi connectivity index (χ4n) is 3.40. The van der Waals surface area contributed by atoms with Crippen LogP contribution in [-0.2, 0) is 22.6 Å². The van der Waals surface area contributed by atoms with Gasteiger partial charge in [0.15, 0.2) is 17.6 Å². The van der Waals surface area contributed by atoms with Gasteiger partial charge in [0, 0.05) is 30.7 Å². The highest BCUT2D eigenvalue weighted by atomic mass is 16.5. The topological polar surface area (TPSA) is 96.3 Å². The molecule has 1 aromatic heterocycles. The summed E-state index contributed by atoms with van der Waals surface area (Å²) >= 11 is 0. The predicted octanol–water partition coefficient (Wildman–Crippen LogP) is 3.87. The molecule has 1 heterocycles. The van der Waals surface area contributed by atoms with E-state index in [4.69, 9.17) is 23.7 Å². The number of hydrogen-bond acceptors (Lipinski definition) is 7. The Morgan fingerprint density at radius 3 is 2.31 bits per heavy atom. The summed E-state index contributed by atoms with van der Waals surface area (Å²) in [6.45, 7) is 2.37. The third kappa shape index (κ3) is 5.20. The molecular weight excluding hydrogens is 414 g/mol. The zero-order valence-electron chi connectivity index (χ0n) is 18.6. The lowest BCUT2D eigenvalue weighted by Crippen LogP contribution is -2.26. The first-order chi connectivity index (χ1) is 15.5. The number of pyridine rings is 1. The minimum atomic E-state index is -0.975. The molecule has 3 rings (SSSR count). The summed E-state index contributed by atoms with van der Waals surface area (Å²) in [7, 11) is 4.75. The number of nitrogens with zero attached hydrogens (tertiary/aromatic N) is 1. The molecular formula is C24H27NO7. The van der Waals surface area contributed by atoms with Gasteiger partial charge in [-0.3, -0.25) is 4.98 Å². The number of rotatable bonds is 11. The van der Waals surface area contributed by atoms with Crippen LogP contribution in [-0.4, -0.2) is 50.1 Å². The monoisotopic (exact) mass is 441 g/mol. The molecule has 8 heteroatoms. The van der Waals surface area contributed by atoms with Gasteiger partial charge in [0.1, 0.15) is 18.1 Å². The van der Waals surface area contributed by atoms with E-state index in [2.05, 4.69) is 4.98 Å². The van der Waals surface area contributed by atoms with Gasteiger partial charge in [-0.2, -0.15) is 0 Å². The molecule has 0 amide bonds. The molecule has 8 nitrogen and oxygen atoms in total. The lowest BCUT2D eigenvalue weighted by atomic mass is 10.1. The number of aliphatic carboxylic acids is 1. The van der Waals surface area contributed by atoms with Crippen molar-refractivity contribution in [1.29, 1.82) is 0 Å². The van der Waals surface area contributed by atoms with Gasteiger partial charge >= 0.3 is 5.97 Å². The summed E-state index contributed by atoms with van der Waals surface area (Å²) in [5.41, 5.74) is 2.35. The van der Waals surface area contributed by atoms with Crippen molar-refractivity contribution in [3.63, 3.8) is 0 Å². The zero-order valence-corrected chi connectivity index (χ0v) is 18.6. The van der Waals surface area contributed by atoms with Gasteiger partial charge in [-0.1, -0.05) is 12.1 Å². The van der Waals surface area contributed by atoms with Crippen LogP contribution in [0, 0.1) is 0 Å². The second-order valence-electron chi connectivity index (χ2n) is 6.96. The van der Waals surface area contributed by atoms with Crippen molar-refractivity contribution in [3.05, 3.63) is 53.7 Å². The van der Waals surface area contributed by atoms with Crippen LogP contribution in [0.25, 0.3) is 10.9 Å². The zero-order chi connectivity index (χ0) is 23.1. The van der Waals surface area contributed by atoms with Crippen molar-refractivity contribution < 1.29 is 33.6 Å². The van der Waals surface area contributed by atoms with E-state index >= 15 is 0 Å². The number of hydrogen-bond donors (Lipinski definition) is 1. The number of methoxy groups -OCH3 is 3. The molecule has 0 bridgehead atoms. The molecule has 0 aliphatic carbocycles. The molecule has 0 aliphatic heterocycles. The van der Waals surface area contributed by atoms with Crippen LogP contribution in [0.4, 0.5) is 0 Å². The lowest BCUT2D eigenvalue weighted by Gasteiger charge is -2.15. The highest BCUT2D eigenvalue weighted by molar-refractivity contribution is 5.89. The molecule has 1 unspecified atom stereocenters. The number of benzene rings is 2. The summed E-state index contributed by atoms with van der Waals surface area (Å²) in [4.78, 5) is 15.8. The Hall–Kier alpha value is -3.52. The van der Waals surface area contributed by atoms with Crippen LogP contribution in [0.5, 0.6) is 23.0 Å². The van der Waals surface area contributed by atoms with Crippen molar-refractivity contribution in [2.45, 2.75) is 26.1 Å². The number of fused-ring (bicyclic) bond motifs is 1. The first-order valence-corrected chi connectivity index (χ1v) is 10.1. The van der Waals surface area contributed by atoms with Crippen LogP contribution in [0.15, 0.2) is 42.6 Å². The highest BCUT2D eigenvalue weighted by Crippen LogP contribution is 2.37. The van der Waals surface area contributed by atoms with Crippen LogP contribution in [0.1, 0.15) is 18.1 Å². The molecule has 1 N–H and O–H groups in total. The molecule has 0 radical (unpaired) electrons. The second-order valence-corrected chi connectivity index (χ2v) is 6.96. The third-order valence-corrected chi connectivity index (χ3v) is 4.98.